The molecular weight excluding hydrogens is 220 g/mol. The summed E-state index contributed by atoms with van der Waals surface area (Å²) >= 11 is 0. The van der Waals surface area contributed by atoms with Crippen molar-refractivity contribution >= 4 is 5.97 Å². The highest BCUT2D eigenvalue weighted by Crippen LogP contribution is 2.09. The molecule has 0 amide bonds. The third kappa shape index (κ3) is 5.48. The summed E-state index contributed by atoms with van der Waals surface area (Å²) in [6.07, 6.45) is 0. The summed E-state index contributed by atoms with van der Waals surface area (Å²) in [5, 5.41) is 3.05. The Morgan fingerprint density at radius 2 is 2.06 bits per heavy atom. The Hall–Kier alpha value is -0.650. The Labute approximate surface area is 104 Å². The van der Waals surface area contributed by atoms with Crippen LogP contribution < -0.4 is 5.32 Å². The van der Waals surface area contributed by atoms with E-state index >= 15 is 0 Å². The minimum absolute atomic E-state index is 0.210. The Morgan fingerprint density at radius 3 is 2.47 bits per heavy atom. The van der Waals surface area contributed by atoms with E-state index in [0.717, 1.165) is 13.1 Å². The van der Waals surface area contributed by atoms with Crippen LogP contribution in [-0.2, 0) is 14.3 Å². The van der Waals surface area contributed by atoms with Gasteiger partial charge in [0.05, 0.1) is 13.2 Å². The fourth-order valence-electron chi connectivity index (χ4n) is 1.55. The molecule has 1 atom stereocenters. The number of carbonyl (C=O) groups excluding carboxylic acids is 1. The number of nitrogens with zero attached hydrogens (tertiary/aromatic N) is 1. The zero-order valence-electron chi connectivity index (χ0n) is 11.7. The summed E-state index contributed by atoms with van der Waals surface area (Å²) < 4.78 is 10.1. The highest BCUT2D eigenvalue weighted by Gasteiger charge is 2.34. The van der Waals surface area contributed by atoms with Gasteiger partial charge < -0.3 is 14.8 Å². The lowest BCUT2D eigenvalue weighted by molar-refractivity contribution is -0.151. The maximum Gasteiger partial charge on any atom is 0.327 e. The monoisotopic (exact) mass is 246 g/mol. The molecule has 1 unspecified atom stereocenters. The van der Waals surface area contributed by atoms with Crippen molar-refractivity contribution in [3.63, 3.8) is 0 Å². The summed E-state index contributed by atoms with van der Waals surface area (Å²) in [6.45, 7) is 9.11. The van der Waals surface area contributed by atoms with E-state index in [-0.39, 0.29) is 5.97 Å². The van der Waals surface area contributed by atoms with Gasteiger partial charge in [0.15, 0.2) is 0 Å². The summed E-state index contributed by atoms with van der Waals surface area (Å²) in [4.78, 5) is 14.0. The SMILES string of the molecule is CCOC(=O)C(C)(CN(CC)CCOC)NC. The number of ether oxygens (including phenoxy) is 2. The summed E-state index contributed by atoms with van der Waals surface area (Å²) in [5.74, 6) is -0.210. The molecule has 0 aliphatic carbocycles. The molecule has 0 aliphatic heterocycles. The van der Waals surface area contributed by atoms with Crippen molar-refractivity contribution in [1.82, 2.24) is 10.2 Å². The maximum absolute atomic E-state index is 11.9. The Balaban J connectivity index is 4.46. The minimum Gasteiger partial charge on any atom is -0.465 e. The normalized spacial score (nSPS) is 14.7. The fraction of sp³-hybridized carbons (Fsp3) is 0.917. The van der Waals surface area contributed by atoms with Crippen LogP contribution in [0.1, 0.15) is 20.8 Å². The van der Waals surface area contributed by atoms with Crippen LogP contribution in [-0.4, -0.2) is 63.4 Å². The third-order valence-electron chi connectivity index (χ3n) is 2.88. The van der Waals surface area contributed by atoms with Crippen LogP contribution >= 0.6 is 0 Å². The van der Waals surface area contributed by atoms with Crippen LogP contribution in [0.5, 0.6) is 0 Å². The molecule has 0 aromatic carbocycles. The van der Waals surface area contributed by atoms with Gasteiger partial charge in [0.25, 0.3) is 0 Å². The third-order valence-corrected chi connectivity index (χ3v) is 2.88. The van der Waals surface area contributed by atoms with E-state index in [1.165, 1.54) is 0 Å². The van der Waals surface area contributed by atoms with Crippen molar-refractivity contribution < 1.29 is 14.3 Å². The second-order valence-corrected chi connectivity index (χ2v) is 4.16. The number of methoxy groups -OCH3 is 1. The lowest BCUT2D eigenvalue weighted by Crippen LogP contribution is -2.56. The van der Waals surface area contributed by atoms with Crippen molar-refractivity contribution in [2.45, 2.75) is 26.3 Å². The van der Waals surface area contributed by atoms with Crippen molar-refractivity contribution in [2.24, 2.45) is 0 Å². The molecule has 0 fully saturated rings. The van der Waals surface area contributed by atoms with Gasteiger partial charge in [-0.25, -0.2) is 0 Å². The highest BCUT2D eigenvalue weighted by molar-refractivity contribution is 5.80. The molecular formula is C12H26N2O3. The molecule has 0 aromatic rings. The van der Waals surface area contributed by atoms with Crippen molar-refractivity contribution in [2.75, 3.05) is 47.0 Å². The molecule has 102 valence electrons. The Kier molecular flexibility index (Phi) is 8.12. The van der Waals surface area contributed by atoms with Crippen LogP contribution in [0.4, 0.5) is 0 Å². The first-order chi connectivity index (χ1) is 8.03. The summed E-state index contributed by atoms with van der Waals surface area (Å²) in [5.41, 5.74) is -0.667. The first-order valence-corrected chi connectivity index (χ1v) is 6.11. The molecule has 5 heteroatoms. The maximum atomic E-state index is 11.9. The molecule has 0 spiro atoms. The predicted molar refractivity (Wildman–Crippen MR) is 68.1 cm³/mol. The summed E-state index contributed by atoms with van der Waals surface area (Å²) in [7, 11) is 3.46. The Bertz CT molecular complexity index is 224. The Morgan fingerprint density at radius 1 is 1.41 bits per heavy atom. The molecule has 0 aliphatic rings. The van der Waals surface area contributed by atoms with Gasteiger partial charge in [-0.15, -0.1) is 0 Å². The number of esters is 1. The number of rotatable bonds is 9. The van der Waals surface area contributed by atoms with E-state index < -0.39 is 5.54 Å². The van der Waals surface area contributed by atoms with Gasteiger partial charge in [0.2, 0.25) is 0 Å². The molecule has 0 aromatic heterocycles. The lowest BCUT2D eigenvalue weighted by atomic mass is 10.0. The van der Waals surface area contributed by atoms with E-state index in [2.05, 4.69) is 17.1 Å². The number of carbonyl (C=O) groups is 1. The molecule has 0 saturated heterocycles. The average molecular weight is 246 g/mol. The molecule has 0 bridgehead atoms. The second-order valence-electron chi connectivity index (χ2n) is 4.16. The first-order valence-electron chi connectivity index (χ1n) is 6.11. The van der Waals surface area contributed by atoms with Crippen LogP contribution in [0.3, 0.4) is 0 Å². The quantitative estimate of drug-likeness (QED) is 0.600. The number of nitrogens with one attached hydrogen (secondary N) is 1. The van der Waals surface area contributed by atoms with Crippen LogP contribution in [0.25, 0.3) is 0 Å². The zero-order chi connectivity index (χ0) is 13.3. The first kappa shape index (κ1) is 16.4. The zero-order valence-corrected chi connectivity index (χ0v) is 11.7. The second kappa shape index (κ2) is 8.44. The molecule has 0 radical (unpaired) electrons. The average Bonchev–Trinajstić information content (AvgIpc) is 2.34. The van der Waals surface area contributed by atoms with Crippen LogP contribution in [0.2, 0.25) is 0 Å². The van der Waals surface area contributed by atoms with Gasteiger partial charge in [-0.05, 0) is 27.4 Å². The predicted octanol–water partition coefficient (Wildman–Crippen LogP) is 0.496. The molecule has 0 rings (SSSR count). The number of likely N-dealkylation sites (N-methyl/N-ethyl adjacent to an activating group) is 2. The fourth-order valence-corrected chi connectivity index (χ4v) is 1.55. The topological polar surface area (TPSA) is 50.8 Å². The minimum atomic E-state index is -0.667. The van der Waals surface area contributed by atoms with Gasteiger partial charge in [-0.2, -0.15) is 0 Å². The van der Waals surface area contributed by atoms with Crippen molar-refractivity contribution in [3.8, 4) is 0 Å². The number of hydrogen-bond acceptors (Lipinski definition) is 5. The van der Waals surface area contributed by atoms with Gasteiger partial charge >= 0.3 is 5.97 Å². The standard InChI is InChI=1S/C12H26N2O3/c1-6-14(8-9-16-5)10-12(3,13-4)11(15)17-7-2/h13H,6-10H2,1-5H3. The largest absolute Gasteiger partial charge is 0.465 e. The molecule has 5 nitrogen and oxygen atoms in total. The van der Waals surface area contributed by atoms with Gasteiger partial charge in [-0.3, -0.25) is 9.69 Å². The molecule has 0 heterocycles. The lowest BCUT2D eigenvalue weighted by Gasteiger charge is -2.32. The highest BCUT2D eigenvalue weighted by atomic mass is 16.5. The molecule has 1 N–H and O–H groups in total. The van der Waals surface area contributed by atoms with Crippen LogP contribution in [0.15, 0.2) is 0 Å². The van der Waals surface area contributed by atoms with Gasteiger partial charge in [-0.1, -0.05) is 6.92 Å². The van der Waals surface area contributed by atoms with Gasteiger partial charge in [0.1, 0.15) is 5.54 Å². The van der Waals surface area contributed by atoms with E-state index in [9.17, 15) is 4.79 Å². The van der Waals surface area contributed by atoms with Gasteiger partial charge in [0, 0.05) is 20.2 Å². The van der Waals surface area contributed by atoms with E-state index in [4.69, 9.17) is 9.47 Å². The number of hydrogen-bond donors (Lipinski definition) is 1. The van der Waals surface area contributed by atoms with Crippen LogP contribution in [0, 0.1) is 0 Å². The molecule has 17 heavy (non-hydrogen) atoms. The van der Waals surface area contributed by atoms with Crippen molar-refractivity contribution in [1.29, 1.82) is 0 Å². The van der Waals surface area contributed by atoms with E-state index in [0.29, 0.717) is 19.8 Å². The van der Waals surface area contributed by atoms with Crippen molar-refractivity contribution in [3.05, 3.63) is 0 Å². The van der Waals surface area contributed by atoms with E-state index in [1.54, 1.807) is 14.2 Å². The van der Waals surface area contributed by atoms with E-state index in [1.807, 2.05) is 13.8 Å². The summed E-state index contributed by atoms with van der Waals surface area (Å²) in [6, 6.07) is 0. The molecule has 0 saturated carbocycles. The smallest absolute Gasteiger partial charge is 0.327 e.